The number of hydrogen-bond donors (Lipinski definition) is 1. The van der Waals surface area contributed by atoms with Crippen LogP contribution >= 0.6 is 11.3 Å². The van der Waals surface area contributed by atoms with E-state index < -0.39 is 10.8 Å². The molecule has 156 valence electrons. The molecule has 0 saturated carbocycles. The Labute approximate surface area is 175 Å². The van der Waals surface area contributed by atoms with Crippen molar-refractivity contribution in [3.63, 3.8) is 0 Å². The molecule has 0 fully saturated rings. The maximum atomic E-state index is 13.0. The van der Waals surface area contributed by atoms with Crippen LogP contribution in [0.1, 0.15) is 28.8 Å². The van der Waals surface area contributed by atoms with Crippen molar-refractivity contribution in [2.45, 2.75) is 39.2 Å². The monoisotopic (exact) mass is 428 g/mol. The van der Waals surface area contributed by atoms with E-state index in [-0.39, 0.29) is 23.5 Å². The summed E-state index contributed by atoms with van der Waals surface area (Å²) in [4.78, 5) is 42.5. The van der Waals surface area contributed by atoms with Gasteiger partial charge in [0.15, 0.2) is 5.75 Å². The zero-order valence-electron chi connectivity index (χ0n) is 16.6. The van der Waals surface area contributed by atoms with Crippen LogP contribution in [0.2, 0.25) is 0 Å². The first kappa shape index (κ1) is 20.0. The molecule has 9 nitrogen and oxygen atoms in total. The van der Waals surface area contributed by atoms with Gasteiger partial charge in [0, 0.05) is 22.7 Å². The molecule has 0 bridgehead atoms. The molecule has 1 aliphatic rings. The van der Waals surface area contributed by atoms with Gasteiger partial charge in [-0.1, -0.05) is 0 Å². The Hall–Kier alpha value is -3.27. The number of benzene rings is 1. The summed E-state index contributed by atoms with van der Waals surface area (Å²) in [5.41, 5.74) is 1.58. The highest BCUT2D eigenvalue weighted by atomic mass is 32.1. The van der Waals surface area contributed by atoms with Crippen molar-refractivity contribution in [1.82, 2.24) is 9.55 Å². The number of thiophene rings is 1. The van der Waals surface area contributed by atoms with Crippen molar-refractivity contribution < 1.29 is 14.5 Å². The molecule has 3 aromatic rings. The highest BCUT2D eigenvalue weighted by Crippen LogP contribution is 2.34. The average Bonchev–Trinajstić information content (AvgIpc) is 3.10. The molecule has 0 unspecified atom stereocenters. The first-order chi connectivity index (χ1) is 14.4. The Bertz CT molecular complexity index is 1230. The first-order valence-corrected chi connectivity index (χ1v) is 10.3. The summed E-state index contributed by atoms with van der Waals surface area (Å²) >= 11 is 1.56. The Kier molecular flexibility index (Phi) is 5.25. The van der Waals surface area contributed by atoms with E-state index in [9.17, 15) is 19.7 Å². The number of nitrogens with one attached hydrogen (secondary N) is 1. The topological polar surface area (TPSA) is 116 Å². The number of nitrogens with zero attached hydrogens (tertiary/aromatic N) is 3. The predicted octanol–water partition coefficient (Wildman–Crippen LogP) is 3.20. The number of methoxy groups -OCH3 is 1. The smallest absolute Gasteiger partial charge is 0.311 e. The van der Waals surface area contributed by atoms with Crippen LogP contribution in [0.4, 0.5) is 11.4 Å². The zero-order chi connectivity index (χ0) is 21.4. The lowest BCUT2D eigenvalue weighted by atomic mass is 9.97. The molecule has 0 saturated heterocycles. The Morgan fingerprint density at radius 2 is 2.13 bits per heavy atom. The van der Waals surface area contributed by atoms with Crippen molar-refractivity contribution in [3.8, 4) is 5.75 Å². The SMILES string of the molecule is COc1cc(NC(=O)Cn2cnc3sc4c(c3c2=O)CCCC4)c(C)cc1[N+](=O)[O-]. The molecule has 0 atom stereocenters. The molecule has 10 heteroatoms. The van der Waals surface area contributed by atoms with Crippen LogP contribution in [0.25, 0.3) is 10.2 Å². The maximum absolute atomic E-state index is 13.0. The quantitative estimate of drug-likeness (QED) is 0.493. The van der Waals surface area contributed by atoms with E-state index in [0.29, 0.717) is 16.6 Å². The second-order valence-corrected chi connectivity index (χ2v) is 8.30. The normalized spacial score (nSPS) is 13.1. The van der Waals surface area contributed by atoms with E-state index in [0.717, 1.165) is 36.1 Å². The van der Waals surface area contributed by atoms with Crippen LogP contribution in [0.5, 0.6) is 5.75 Å². The molecule has 2 aromatic heterocycles. The first-order valence-electron chi connectivity index (χ1n) is 9.51. The van der Waals surface area contributed by atoms with Crippen molar-refractivity contribution in [1.29, 1.82) is 0 Å². The number of aromatic nitrogens is 2. The Morgan fingerprint density at radius 1 is 1.37 bits per heavy atom. The van der Waals surface area contributed by atoms with Crippen LogP contribution in [0.15, 0.2) is 23.3 Å². The van der Waals surface area contributed by atoms with Crippen LogP contribution in [-0.2, 0) is 24.2 Å². The fraction of sp³-hybridized carbons (Fsp3) is 0.350. The van der Waals surface area contributed by atoms with Crippen molar-refractivity contribution >= 4 is 38.8 Å². The van der Waals surface area contributed by atoms with Crippen molar-refractivity contribution in [2.24, 2.45) is 0 Å². The largest absolute Gasteiger partial charge is 0.490 e. The molecule has 1 amide bonds. The number of fused-ring (bicyclic) bond motifs is 3. The van der Waals surface area contributed by atoms with E-state index in [4.69, 9.17) is 4.74 Å². The van der Waals surface area contributed by atoms with Gasteiger partial charge < -0.3 is 10.1 Å². The van der Waals surface area contributed by atoms with Gasteiger partial charge in [0.2, 0.25) is 5.91 Å². The third-order valence-electron chi connectivity index (χ3n) is 5.25. The minimum absolute atomic E-state index is 0.0473. The number of ether oxygens (including phenoxy) is 1. The van der Waals surface area contributed by atoms with Crippen LogP contribution < -0.4 is 15.6 Å². The number of aryl methyl sites for hydroxylation is 3. The predicted molar refractivity (Wildman–Crippen MR) is 114 cm³/mol. The van der Waals surface area contributed by atoms with Gasteiger partial charge in [0.05, 0.1) is 23.7 Å². The summed E-state index contributed by atoms with van der Waals surface area (Å²) in [6, 6.07) is 2.75. The average molecular weight is 428 g/mol. The van der Waals surface area contributed by atoms with Gasteiger partial charge in [0.25, 0.3) is 5.56 Å². The summed E-state index contributed by atoms with van der Waals surface area (Å²) in [5.74, 6) is -0.382. The highest BCUT2D eigenvalue weighted by Gasteiger charge is 2.21. The molecule has 4 rings (SSSR count). The molecular formula is C20H20N4O5S. The van der Waals surface area contributed by atoms with Gasteiger partial charge in [-0.05, 0) is 43.7 Å². The van der Waals surface area contributed by atoms with Crippen LogP contribution in [0, 0.1) is 17.0 Å². The van der Waals surface area contributed by atoms with Gasteiger partial charge in [-0.25, -0.2) is 4.98 Å². The number of carbonyl (C=O) groups is 1. The second-order valence-electron chi connectivity index (χ2n) is 7.21. The second kappa shape index (κ2) is 7.86. The van der Waals surface area contributed by atoms with Gasteiger partial charge in [-0.15, -0.1) is 11.3 Å². The van der Waals surface area contributed by atoms with Crippen LogP contribution in [0.3, 0.4) is 0 Å². The fourth-order valence-electron chi connectivity index (χ4n) is 3.75. The summed E-state index contributed by atoms with van der Waals surface area (Å²) in [7, 11) is 1.32. The van der Waals surface area contributed by atoms with Crippen molar-refractivity contribution in [2.75, 3.05) is 12.4 Å². The number of amides is 1. The van der Waals surface area contributed by atoms with Crippen molar-refractivity contribution in [3.05, 3.63) is 54.9 Å². The third kappa shape index (κ3) is 3.54. The van der Waals surface area contributed by atoms with E-state index >= 15 is 0 Å². The van der Waals surface area contributed by atoms with Gasteiger partial charge in [-0.2, -0.15) is 0 Å². The number of nitro benzene ring substituents is 1. The van der Waals surface area contributed by atoms with E-state index in [1.807, 2.05) is 0 Å². The lowest BCUT2D eigenvalue weighted by molar-refractivity contribution is -0.385. The zero-order valence-corrected chi connectivity index (χ0v) is 17.4. The van der Waals surface area contributed by atoms with Gasteiger partial charge in [-0.3, -0.25) is 24.3 Å². The standard InChI is InChI=1S/C20H20N4O5S/c1-11-7-14(24(27)28)15(29-2)8-13(11)22-17(25)9-23-10-21-19-18(20(23)26)12-5-3-4-6-16(12)30-19/h7-8,10H,3-6,9H2,1-2H3,(H,22,25). The molecule has 2 heterocycles. The number of hydrogen-bond acceptors (Lipinski definition) is 7. The summed E-state index contributed by atoms with van der Waals surface area (Å²) in [6.45, 7) is 1.45. The lowest BCUT2D eigenvalue weighted by Crippen LogP contribution is -2.28. The summed E-state index contributed by atoms with van der Waals surface area (Å²) in [5, 5.41) is 14.5. The third-order valence-corrected chi connectivity index (χ3v) is 6.45. The number of anilines is 1. The number of nitro groups is 1. The lowest BCUT2D eigenvalue weighted by Gasteiger charge is -2.12. The molecule has 1 N–H and O–H groups in total. The minimum Gasteiger partial charge on any atom is -0.490 e. The molecule has 0 radical (unpaired) electrons. The Morgan fingerprint density at radius 3 is 2.87 bits per heavy atom. The molecule has 30 heavy (non-hydrogen) atoms. The molecule has 0 aliphatic heterocycles. The molecule has 1 aliphatic carbocycles. The van der Waals surface area contributed by atoms with E-state index in [2.05, 4.69) is 10.3 Å². The van der Waals surface area contributed by atoms with Gasteiger partial charge >= 0.3 is 5.69 Å². The number of rotatable bonds is 5. The van der Waals surface area contributed by atoms with E-state index in [1.54, 1.807) is 18.3 Å². The van der Waals surface area contributed by atoms with E-state index in [1.165, 1.54) is 35.0 Å². The molecule has 1 aromatic carbocycles. The van der Waals surface area contributed by atoms with Gasteiger partial charge in [0.1, 0.15) is 11.4 Å². The highest BCUT2D eigenvalue weighted by molar-refractivity contribution is 7.18. The minimum atomic E-state index is -0.542. The maximum Gasteiger partial charge on any atom is 0.311 e. The summed E-state index contributed by atoms with van der Waals surface area (Å²) < 4.78 is 6.36. The number of carbonyl (C=O) groups excluding carboxylic acids is 1. The molecular weight excluding hydrogens is 408 g/mol. The van der Waals surface area contributed by atoms with Crippen LogP contribution in [-0.4, -0.2) is 27.5 Å². The fourth-order valence-corrected chi connectivity index (χ4v) is 4.97. The summed E-state index contributed by atoms with van der Waals surface area (Å²) in [6.07, 6.45) is 5.40. The Balaban J connectivity index is 1.60. The molecule has 0 spiro atoms.